The van der Waals surface area contributed by atoms with E-state index < -0.39 is 0 Å². The zero-order valence-electron chi connectivity index (χ0n) is 15.0. The summed E-state index contributed by atoms with van der Waals surface area (Å²) in [5.41, 5.74) is 1.19. The van der Waals surface area contributed by atoms with Crippen molar-refractivity contribution >= 4 is 35.0 Å². The minimum absolute atomic E-state index is 0.152. The normalized spacial score (nSPS) is 10.5. The molecule has 8 nitrogen and oxygen atoms in total. The number of rotatable bonds is 8. The van der Waals surface area contributed by atoms with Gasteiger partial charge in [-0.05, 0) is 18.2 Å². The molecule has 3 aromatic rings. The third-order valence-corrected chi connectivity index (χ3v) is 4.85. The predicted octanol–water partition coefficient (Wildman–Crippen LogP) is 3.31. The van der Waals surface area contributed by atoms with E-state index in [1.165, 1.54) is 18.9 Å². The molecule has 0 atom stereocenters. The van der Waals surface area contributed by atoms with Crippen LogP contribution in [0.1, 0.15) is 0 Å². The number of methoxy groups -OCH3 is 1. The Morgan fingerprint density at radius 2 is 2.25 bits per heavy atom. The molecule has 0 bridgehead atoms. The van der Waals surface area contributed by atoms with E-state index in [0.717, 1.165) is 0 Å². The molecule has 144 valence electrons. The second-order valence-corrected chi connectivity index (χ2v) is 6.83. The molecular weight excluding hydrogens is 400 g/mol. The van der Waals surface area contributed by atoms with Crippen LogP contribution in [0.2, 0.25) is 5.02 Å². The summed E-state index contributed by atoms with van der Waals surface area (Å²) in [5, 5.41) is 12.2. The fraction of sp³-hybridized carbons (Fsp3) is 0.167. The topological polar surface area (TPSA) is 94.8 Å². The van der Waals surface area contributed by atoms with Crippen molar-refractivity contribution in [2.24, 2.45) is 0 Å². The van der Waals surface area contributed by atoms with Gasteiger partial charge >= 0.3 is 0 Å². The first-order valence-electron chi connectivity index (χ1n) is 8.19. The van der Waals surface area contributed by atoms with Gasteiger partial charge in [-0.1, -0.05) is 29.4 Å². The number of amides is 1. The van der Waals surface area contributed by atoms with Gasteiger partial charge in [-0.3, -0.25) is 14.3 Å². The zero-order valence-corrected chi connectivity index (χ0v) is 16.6. The summed E-state index contributed by atoms with van der Waals surface area (Å²) in [6.07, 6.45) is 6.51. The second-order valence-electron chi connectivity index (χ2n) is 5.48. The summed E-state index contributed by atoms with van der Waals surface area (Å²) in [6.45, 7) is 4.24. The molecule has 1 amide bonds. The van der Waals surface area contributed by atoms with Crippen molar-refractivity contribution in [3.8, 4) is 17.3 Å². The summed E-state index contributed by atoms with van der Waals surface area (Å²) in [6, 6.07) is 5.05. The molecule has 1 aromatic carbocycles. The average Bonchev–Trinajstić information content (AvgIpc) is 3.10. The van der Waals surface area contributed by atoms with Gasteiger partial charge in [0.2, 0.25) is 5.91 Å². The van der Waals surface area contributed by atoms with Crippen LogP contribution in [0.3, 0.4) is 0 Å². The maximum Gasteiger partial charge on any atom is 0.234 e. The van der Waals surface area contributed by atoms with Gasteiger partial charge in [0.15, 0.2) is 11.0 Å². The van der Waals surface area contributed by atoms with E-state index in [1.54, 1.807) is 42.9 Å². The highest BCUT2D eigenvalue weighted by molar-refractivity contribution is 7.99. The van der Waals surface area contributed by atoms with Crippen LogP contribution in [-0.2, 0) is 11.3 Å². The molecule has 0 radical (unpaired) electrons. The van der Waals surface area contributed by atoms with E-state index in [0.29, 0.717) is 39.7 Å². The van der Waals surface area contributed by atoms with Crippen LogP contribution in [-0.4, -0.2) is 43.5 Å². The average molecular weight is 417 g/mol. The minimum atomic E-state index is -0.194. The Morgan fingerprint density at radius 3 is 2.93 bits per heavy atom. The third-order valence-electron chi connectivity index (χ3n) is 3.59. The lowest BCUT2D eigenvalue weighted by molar-refractivity contribution is -0.113. The number of hydrogen-bond donors (Lipinski definition) is 1. The quantitative estimate of drug-likeness (QED) is 0.444. The van der Waals surface area contributed by atoms with E-state index in [4.69, 9.17) is 16.3 Å². The van der Waals surface area contributed by atoms with Gasteiger partial charge in [0.05, 0.1) is 24.1 Å². The monoisotopic (exact) mass is 416 g/mol. The lowest BCUT2D eigenvalue weighted by Crippen LogP contribution is -2.14. The van der Waals surface area contributed by atoms with Crippen molar-refractivity contribution in [1.29, 1.82) is 0 Å². The number of carbonyl (C=O) groups is 1. The van der Waals surface area contributed by atoms with Crippen LogP contribution in [0.4, 0.5) is 5.69 Å². The molecule has 0 unspecified atom stereocenters. The van der Waals surface area contributed by atoms with Crippen LogP contribution >= 0.6 is 23.4 Å². The summed E-state index contributed by atoms with van der Waals surface area (Å²) in [7, 11) is 1.53. The van der Waals surface area contributed by atoms with Crippen LogP contribution in [0.5, 0.6) is 5.75 Å². The molecule has 0 spiro atoms. The Balaban J connectivity index is 1.68. The van der Waals surface area contributed by atoms with Gasteiger partial charge in [-0.25, -0.2) is 4.98 Å². The Bertz CT molecular complexity index is 979. The largest absolute Gasteiger partial charge is 0.495 e. The highest BCUT2D eigenvalue weighted by atomic mass is 35.5. The number of nitrogens with zero attached hydrogens (tertiary/aromatic N) is 5. The molecule has 0 aliphatic heterocycles. The lowest BCUT2D eigenvalue weighted by Gasteiger charge is -2.09. The van der Waals surface area contributed by atoms with Gasteiger partial charge in [0.1, 0.15) is 11.4 Å². The highest BCUT2D eigenvalue weighted by Crippen LogP contribution is 2.27. The lowest BCUT2D eigenvalue weighted by atomic mass is 10.3. The van der Waals surface area contributed by atoms with Gasteiger partial charge in [-0.2, -0.15) is 0 Å². The molecule has 0 fully saturated rings. The van der Waals surface area contributed by atoms with Gasteiger partial charge in [-0.15, -0.1) is 16.8 Å². The first-order valence-corrected chi connectivity index (χ1v) is 9.55. The number of hydrogen-bond acceptors (Lipinski definition) is 7. The van der Waals surface area contributed by atoms with E-state index in [-0.39, 0.29) is 11.7 Å². The van der Waals surface area contributed by atoms with E-state index in [1.807, 2.05) is 4.57 Å². The van der Waals surface area contributed by atoms with E-state index in [2.05, 4.69) is 32.1 Å². The van der Waals surface area contributed by atoms with Gasteiger partial charge in [0.25, 0.3) is 0 Å². The van der Waals surface area contributed by atoms with Gasteiger partial charge < -0.3 is 10.1 Å². The fourth-order valence-corrected chi connectivity index (χ4v) is 3.37. The molecule has 10 heteroatoms. The molecule has 1 N–H and O–H groups in total. The number of anilines is 1. The summed E-state index contributed by atoms with van der Waals surface area (Å²) in [5.74, 6) is 1.07. The maximum atomic E-state index is 12.3. The van der Waals surface area contributed by atoms with Crippen molar-refractivity contribution < 1.29 is 9.53 Å². The fourth-order valence-electron chi connectivity index (χ4n) is 2.36. The number of benzene rings is 1. The molecule has 0 saturated carbocycles. The minimum Gasteiger partial charge on any atom is -0.495 e. The van der Waals surface area contributed by atoms with Crippen LogP contribution in [0.15, 0.2) is 54.6 Å². The summed E-state index contributed by atoms with van der Waals surface area (Å²) < 4.78 is 6.93. The van der Waals surface area contributed by atoms with Crippen molar-refractivity contribution in [2.75, 3.05) is 18.2 Å². The van der Waals surface area contributed by atoms with E-state index >= 15 is 0 Å². The van der Waals surface area contributed by atoms with Crippen LogP contribution in [0.25, 0.3) is 11.5 Å². The molecule has 0 saturated heterocycles. The SMILES string of the molecule is C=CCn1c(SCC(=O)Nc2ccc(OC)c(Cl)c2)nnc1-c1cnccn1. The molecule has 2 aromatic heterocycles. The third kappa shape index (κ3) is 4.68. The van der Waals surface area contributed by atoms with Gasteiger partial charge in [0, 0.05) is 24.6 Å². The number of thioether (sulfide) groups is 1. The van der Waals surface area contributed by atoms with Crippen LogP contribution < -0.4 is 10.1 Å². The predicted molar refractivity (Wildman–Crippen MR) is 109 cm³/mol. The number of aromatic nitrogens is 5. The molecule has 0 aliphatic rings. The van der Waals surface area contributed by atoms with Crippen molar-refractivity contribution in [1.82, 2.24) is 24.7 Å². The number of carbonyl (C=O) groups excluding carboxylic acids is 1. The van der Waals surface area contributed by atoms with E-state index in [9.17, 15) is 4.79 Å². The number of ether oxygens (including phenoxy) is 1. The Hall–Kier alpha value is -2.91. The Morgan fingerprint density at radius 1 is 1.39 bits per heavy atom. The first kappa shape index (κ1) is 19.8. The molecular formula is C18H17ClN6O2S. The van der Waals surface area contributed by atoms with Crippen molar-refractivity contribution in [3.63, 3.8) is 0 Å². The van der Waals surface area contributed by atoms with Crippen molar-refractivity contribution in [2.45, 2.75) is 11.7 Å². The summed E-state index contributed by atoms with van der Waals surface area (Å²) in [4.78, 5) is 20.6. The molecule has 3 rings (SSSR count). The Kier molecular flexibility index (Phi) is 6.62. The van der Waals surface area contributed by atoms with Crippen molar-refractivity contribution in [3.05, 3.63) is 54.5 Å². The molecule has 2 heterocycles. The highest BCUT2D eigenvalue weighted by Gasteiger charge is 2.16. The standard InChI is InChI=1S/C18H17ClN6O2S/c1-3-8-25-17(14-10-20-6-7-21-14)23-24-18(25)28-11-16(26)22-12-4-5-15(27-2)13(19)9-12/h3-7,9-10H,1,8,11H2,2H3,(H,22,26). The summed E-state index contributed by atoms with van der Waals surface area (Å²) >= 11 is 7.34. The van der Waals surface area contributed by atoms with Crippen LogP contribution in [0, 0.1) is 0 Å². The number of allylic oxidation sites excluding steroid dienone is 1. The number of halogens is 1. The number of nitrogens with one attached hydrogen (secondary N) is 1. The molecule has 0 aliphatic carbocycles. The maximum absolute atomic E-state index is 12.3. The molecule has 28 heavy (non-hydrogen) atoms. The smallest absolute Gasteiger partial charge is 0.234 e. The first-order chi connectivity index (χ1) is 13.6. The Labute approximate surface area is 171 Å². The zero-order chi connectivity index (χ0) is 19.9. The second kappa shape index (κ2) is 9.34.